The lowest BCUT2D eigenvalue weighted by Gasteiger charge is -2.36. The van der Waals surface area contributed by atoms with E-state index in [-0.39, 0.29) is 16.6 Å². The number of aromatic amines is 1. The highest BCUT2D eigenvalue weighted by atomic mass is 32.2. The Hall–Kier alpha value is -4.76. The molecule has 0 aliphatic carbocycles. The summed E-state index contributed by atoms with van der Waals surface area (Å²) < 4.78 is 32.9. The third-order valence-corrected chi connectivity index (χ3v) is 8.44. The van der Waals surface area contributed by atoms with E-state index in [1.807, 2.05) is 0 Å². The fourth-order valence-corrected chi connectivity index (χ4v) is 5.93. The minimum Gasteiger partial charge on any atom is -0.504 e. The van der Waals surface area contributed by atoms with Crippen LogP contribution in [-0.4, -0.2) is 81.7 Å². The Morgan fingerprint density at radius 2 is 1.78 bits per heavy atom. The number of fused-ring (bicyclic) bond motifs is 3. The first-order valence-electron chi connectivity index (χ1n) is 12.6. The van der Waals surface area contributed by atoms with E-state index in [2.05, 4.69) is 44.8 Å². The van der Waals surface area contributed by atoms with E-state index in [1.165, 1.54) is 38.0 Å². The molecule has 0 spiro atoms. The number of hydrogen-bond donors (Lipinski definition) is 4. The molecule has 1 aliphatic heterocycles. The molecular formula is C26H25N9O4S2. The highest BCUT2D eigenvalue weighted by Gasteiger charge is 2.24. The second kappa shape index (κ2) is 10.7. The largest absolute Gasteiger partial charge is 0.504 e. The van der Waals surface area contributed by atoms with Gasteiger partial charge in [0.2, 0.25) is 5.95 Å². The maximum Gasteiger partial charge on any atom is 0.264 e. The normalized spacial score (nSPS) is 13.9. The Labute approximate surface area is 240 Å². The summed E-state index contributed by atoms with van der Waals surface area (Å²) in [5.74, 6) is 1.20. The number of phenolic OH excluding ortho intramolecular Hbond substituents is 1. The molecule has 1 aliphatic rings. The Balaban J connectivity index is 1.11. The number of H-pyrrole nitrogens is 1. The van der Waals surface area contributed by atoms with Gasteiger partial charge >= 0.3 is 0 Å². The molecule has 0 saturated carbocycles. The molecule has 1 fully saturated rings. The molecule has 1 saturated heterocycles. The molecule has 4 heterocycles. The zero-order valence-corrected chi connectivity index (χ0v) is 23.4. The Morgan fingerprint density at radius 1 is 1.05 bits per heavy atom. The van der Waals surface area contributed by atoms with Gasteiger partial charge < -0.3 is 29.9 Å². The number of nitrogens with one attached hydrogen (secondary N) is 3. The van der Waals surface area contributed by atoms with Gasteiger partial charge in [-0.2, -0.15) is 0 Å². The summed E-state index contributed by atoms with van der Waals surface area (Å²) in [7, 11) is -2.32. The van der Waals surface area contributed by atoms with Crippen molar-refractivity contribution in [2.75, 3.05) is 48.2 Å². The zero-order valence-electron chi connectivity index (χ0n) is 21.8. The quantitative estimate of drug-likeness (QED) is 0.214. The van der Waals surface area contributed by atoms with Crippen LogP contribution in [0.2, 0.25) is 0 Å². The van der Waals surface area contributed by atoms with Gasteiger partial charge in [-0.1, -0.05) is 0 Å². The number of thiocarbonyl (C=S) groups is 1. The molecule has 41 heavy (non-hydrogen) atoms. The Bertz CT molecular complexity index is 1840. The minimum atomic E-state index is -3.82. The van der Waals surface area contributed by atoms with Crippen molar-refractivity contribution in [3.05, 3.63) is 61.2 Å². The van der Waals surface area contributed by atoms with Crippen LogP contribution in [0.25, 0.3) is 21.9 Å². The number of sulfonamides is 1. The number of phenols is 1. The molecule has 3 aromatic heterocycles. The summed E-state index contributed by atoms with van der Waals surface area (Å²) in [5.41, 5.74) is 2.97. The van der Waals surface area contributed by atoms with Gasteiger partial charge in [-0.15, -0.1) is 0 Å². The van der Waals surface area contributed by atoms with E-state index >= 15 is 0 Å². The average Bonchev–Trinajstić information content (AvgIpc) is 3.35. The monoisotopic (exact) mass is 591 g/mol. The molecule has 15 heteroatoms. The van der Waals surface area contributed by atoms with Crippen LogP contribution in [0.1, 0.15) is 0 Å². The number of aromatic hydroxyl groups is 1. The number of aromatic nitrogens is 5. The smallest absolute Gasteiger partial charge is 0.264 e. The number of nitrogens with zero attached hydrogens (tertiary/aromatic N) is 6. The van der Waals surface area contributed by atoms with E-state index in [4.69, 9.17) is 17.0 Å². The van der Waals surface area contributed by atoms with Crippen molar-refractivity contribution in [2.45, 2.75) is 4.90 Å². The number of methoxy groups -OCH3 is 1. The highest BCUT2D eigenvalue weighted by Crippen LogP contribution is 2.36. The summed E-state index contributed by atoms with van der Waals surface area (Å²) in [4.78, 5) is 24.5. The average molecular weight is 592 g/mol. The first kappa shape index (κ1) is 26.5. The van der Waals surface area contributed by atoms with Crippen LogP contribution in [-0.2, 0) is 10.0 Å². The van der Waals surface area contributed by atoms with Crippen molar-refractivity contribution in [1.29, 1.82) is 0 Å². The van der Waals surface area contributed by atoms with Gasteiger partial charge in [-0.05, 0) is 48.6 Å². The first-order chi connectivity index (χ1) is 19.8. The summed E-state index contributed by atoms with van der Waals surface area (Å²) in [5, 5.41) is 14.8. The van der Waals surface area contributed by atoms with Gasteiger partial charge in [-0.3, -0.25) is 0 Å². The number of benzene rings is 2. The molecule has 4 N–H and O–H groups in total. The van der Waals surface area contributed by atoms with Crippen molar-refractivity contribution in [1.82, 2.24) is 29.8 Å². The molecular weight excluding hydrogens is 566 g/mol. The molecule has 0 bridgehead atoms. The maximum absolute atomic E-state index is 12.6. The molecule has 6 rings (SSSR count). The van der Waals surface area contributed by atoms with Crippen LogP contribution in [0.5, 0.6) is 11.5 Å². The number of anilines is 3. The van der Waals surface area contributed by atoms with Gasteiger partial charge in [0, 0.05) is 55.7 Å². The molecule has 0 amide bonds. The first-order valence-corrected chi connectivity index (χ1v) is 14.5. The summed E-state index contributed by atoms with van der Waals surface area (Å²) in [6, 6.07) is 11.3. The summed E-state index contributed by atoms with van der Waals surface area (Å²) >= 11 is 5.64. The SMILES string of the molecule is COc1cc2[nH]c3c(N4CCN(C(=S)Nc5ccc(S(=O)(=O)Nc6ncccn6)cc5)CC4)ncnc3c2cc1O. The van der Waals surface area contributed by atoms with Gasteiger partial charge in [0.25, 0.3) is 10.0 Å². The number of hydrogen-bond acceptors (Lipinski definition) is 10. The zero-order chi connectivity index (χ0) is 28.6. The van der Waals surface area contributed by atoms with E-state index < -0.39 is 10.0 Å². The summed E-state index contributed by atoms with van der Waals surface area (Å²) in [6.07, 6.45) is 4.44. The van der Waals surface area contributed by atoms with Crippen LogP contribution in [0.4, 0.5) is 17.5 Å². The lowest BCUT2D eigenvalue weighted by Crippen LogP contribution is -2.50. The van der Waals surface area contributed by atoms with E-state index in [1.54, 1.807) is 30.3 Å². The van der Waals surface area contributed by atoms with Gasteiger partial charge in [0.05, 0.1) is 17.5 Å². The van der Waals surface area contributed by atoms with Crippen molar-refractivity contribution >= 4 is 66.7 Å². The van der Waals surface area contributed by atoms with Crippen LogP contribution in [0.15, 0.2) is 66.1 Å². The third kappa shape index (κ3) is 5.24. The fourth-order valence-electron chi connectivity index (χ4n) is 4.67. The van der Waals surface area contributed by atoms with Crippen molar-refractivity contribution in [3.63, 3.8) is 0 Å². The van der Waals surface area contributed by atoms with E-state index in [9.17, 15) is 13.5 Å². The number of piperazine rings is 1. The van der Waals surface area contributed by atoms with Crippen LogP contribution in [0.3, 0.4) is 0 Å². The molecule has 13 nitrogen and oxygen atoms in total. The van der Waals surface area contributed by atoms with Crippen LogP contribution >= 0.6 is 12.2 Å². The highest BCUT2D eigenvalue weighted by molar-refractivity contribution is 7.92. The van der Waals surface area contributed by atoms with Crippen LogP contribution in [0, 0.1) is 0 Å². The molecule has 5 aromatic rings. The molecule has 2 aromatic carbocycles. The predicted octanol–water partition coefficient (Wildman–Crippen LogP) is 2.94. The van der Waals surface area contributed by atoms with Gasteiger partial charge in [0.15, 0.2) is 22.4 Å². The fraction of sp³-hybridized carbons (Fsp3) is 0.192. The maximum atomic E-state index is 12.6. The predicted molar refractivity (Wildman–Crippen MR) is 159 cm³/mol. The van der Waals surface area contributed by atoms with Crippen molar-refractivity contribution in [3.8, 4) is 11.5 Å². The molecule has 0 unspecified atom stereocenters. The number of rotatable bonds is 6. The van der Waals surface area contributed by atoms with E-state index in [0.717, 1.165) is 27.8 Å². The molecule has 210 valence electrons. The van der Waals surface area contributed by atoms with Crippen molar-refractivity contribution in [2.24, 2.45) is 0 Å². The second-order valence-corrected chi connectivity index (χ2v) is 11.3. The van der Waals surface area contributed by atoms with Crippen LogP contribution < -0.4 is 19.7 Å². The topological polar surface area (TPSA) is 161 Å². The molecule has 0 atom stereocenters. The lowest BCUT2D eigenvalue weighted by molar-refractivity contribution is 0.374. The molecule has 0 radical (unpaired) electrons. The second-order valence-electron chi connectivity index (χ2n) is 9.22. The third-order valence-electron chi connectivity index (χ3n) is 6.73. The minimum absolute atomic E-state index is 0.00166. The van der Waals surface area contributed by atoms with Crippen molar-refractivity contribution < 1.29 is 18.3 Å². The van der Waals surface area contributed by atoms with E-state index in [0.29, 0.717) is 42.7 Å². The summed E-state index contributed by atoms with van der Waals surface area (Å²) in [6.45, 7) is 2.64. The number of ether oxygens (including phenoxy) is 1. The van der Waals surface area contributed by atoms with Gasteiger partial charge in [0.1, 0.15) is 17.4 Å². The lowest BCUT2D eigenvalue weighted by atomic mass is 10.2. The Kier molecular flexibility index (Phi) is 6.88. The Morgan fingerprint density at radius 3 is 2.49 bits per heavy atom. The standard InChI is InChI=1S/C26H25N9O4S2/c1-39-21-14-19-18(13-20(21)36)22-23(32-19)24(30-15-29-22)34-9-11-35(12-10-34)26(40)31-16-3-5-17(6-4-16)41(37,38)33-25-27-7-2-8-28-25/h2-8,13-15,32,36H,9-12H2,1H3,(H,31,40)(H,27,28,33). The van der Waals surface area contributed by atoms with Gasteiger partial charge in [-0.25, -0.2) is 33.1 Å².